The second-order valence-electron chi connectivity index (χ2n) is 5.86. The van der Waals surface area contributed by atoms with E-state index in [1.807, 2.05) is 0 Å². The average Bonchev–Trinajstić information content (AvgIpc) is 2.98. The first-order chi connectivity index (χ1) is 10.1. The van der Waals surface area contributed by atoms with Crippen LogP contribution in [0, 0.1) is 0 Å². The van der Waals surface area contributed by atoms with Crippen LogP contribution in [0.5, 0.6) is 0 Å². The van der Waals surface area contributed by atoms with E-state index in [0.29, 0.717) is 30.4 Å². The highest BCUT2D eigenvalue weighted by atomic mass is 32.2. The first kappa shape index (κ1) is 17.6. The minimum atomic E-state index is 0.0547. The zero-order chi connectivity index (χ0) is 15.2. The van der Waals surface area contributed by atoms with Crippen LogP contribution in [0.15, 0.2) is 0 Å². The summed E-state index contributed by atoms with van der Waals surface area (Å²) < 4.78 is 28.1. The number of methoxy groups -OCH3 is 2. The molecule has 0 bridgehead atoms. The SMILES string of the molecule is B[C@H]1CC(OC)[C@@H](COCSC2C[C@H](B)O[C@@H]2COC)O1. The van der Waals surface area contributed by atoms with Crippen molar-refractivity contribution in [1.29, 1.82) is 0 Å². The van der Waals surface area contributed by atoms with Crippen molar-refractivity contribution in [3.05, 3.63) is 0 Å². The number of thioether (sulfide) groups is 1. The third-order valence-electron chi connectivity index (χ3n) is 4.05. The van der Waals surface area contributed by atoms with Crippen LogP contribution >= 0.6 is 11.8 Å². The zero-order valence-corrected chi connectivity index (χ0v) is 14.3. The van der Waals surface area contributed by atoms with Crippen LogP contribution < -0.4 is 0 Å². The molecule has 2 saturated heterocycles. The molecule has 0 aromatic rings. The van der Waals surface area contributed by atoms with Crippen molar-refractivity contribution < 1.29 is 23.7 Å². The van der Waals surface area contributed by atoms with Gasteiger partial charge in [0.1, 0.15) is 21.8 Å². The summed E-state index contributed by atoms with van der Waals surface area (Å²) >= 11 is 1.81. The van der Waals surface area contributed by atoms with E-state index in [1.54, 1.807) is 26.0 Å². The Morgan fingerprint density at radius 1 is 1.05 bits per heavy atom. The molecule has 6 atom stereocenters. The van der Waals surface area contributed by atoms with E-state index >= 15 is 0 Å². The van der Waals surface area contributed by atoms with Crippen LogP contribution in [-0.4, -0.2) is 84.6 Å². The second kappa shape index (κ2) is 8.79. The van der Waals surface area contributed by atoms with Crippen molar-refractivity contribution in [2.75, 3.05) is 33.4 Å². The van der Waals surface area contributed by atoms with Gasteiger partial charge in [0, 0.05) is 31.5 Å². The van der Waals surface area contributed by atoms with Gasteiger partial charge in [-0.05, 0) is 12.8 Å². The fourth-order valence-electron chi connectivity index (χ4n) is 3.02. The Hall–Kier alpha value is 0.280. The van der Waals surface area contributed by atoms with Gasteiger partial charge < -0.3 is 23.7 Å². The molecule has 2 rings (SSSR count). The van der Waals surface area contributed by atoms with Crippen molar-refractivity contribution in [3.63, 3.8) is 0 Å². The molecule has 0 spiro atoms. The molecule has 5 nitrogen and oxygen atoms in total. The topological polar surface area (TPSA) is 46.2 Å². The molecule has 2 aliphatic heterocycles. The molecule has 0 aromatic heterocycles. The summed E-state index contributed by atoms with van der Waals surface area (Å²) in [4.78, 5) is 0. The molecule has 0 amide bonds. The predicted octanol–water partition coefficient (Wildman–Crippen LogP) is -0.780. The summed E-state index contributed by atoms with van der Waals surface area (Å²) in [5.41, 5.74) is 0. The third kappa shape index (κ3) is 5.15. The fraction of sp³-hybridized carbons (Fsp3) is 1.00. The average molecular weight is 316 g/mol. The molecule has 2 unspecified atom stereocenters. The molecular weight excluding hydrogens is 290 g/mol. The fourth-order valence-corrected chi connectivity index (χ4v) is 4.15. The summed E-state index contributed by atoms with van der Waals surface area (Å²) in [5.74, 6) is 0.658. The van der Waals surface area contributed by atoms with Gasteiger partial charge in [-0.25, -0.2) is 0 Å². The highest BCUT2D eigenvalue weighted by Crippen LogP contribution is 2.30. The van der Waals surface area contributed by atoms with Gasteiger partial charge in [-0.2, -0.15) is 0 Å². The van der Waals surface area contributed by atoms with Gasteiger partial charge in [0.05, 0.1) is 31.4 Å². The molecule has 2 heterocycles. The van der Waals surface area contributed by atoms with Gasteiger partial charge in [0.15, 0.2) is 0 Å². The van der Waals surface area contributed by atoms with Crippen molar-refractivity contribution in [1.82, 2.24) is 0 Å². The quantitative estimate of drug-likeness (QED) is 0.333. The lowest BCUT2D eigenvalue weighted by Crippen LogP contribution is -2.29. The molecule has 8 heteroatoms. The Kier molecular flexibility index (Phi) is 7.38. The van der Waals surface area contributed by atoms with Crippen LogP contribution in [0.2, 0.25) is 0 Å². The molecule has 21 heavy (non-hydrogen) atoms. The number of ether oxygens (including phenoxy) is 5. The molecule has 0 aliphatic carbocycles. The maximum absolute atomic E-state index is 5.85. The van der Waals surface area contributed by atoms with E-state index in [4.69, 9.17) is 23.7 Å². The number of rotatable bonds is 8. The molecule has 120 valence electrons. The predicted molar refractivity (Wildman–Crippen MR) is 88.5 cm³/mol. The Morgan fingerprint density at radius 2 is 1.76 bits per heavy atom. The number of hydrogen-bond donors (Lipinski definition) is 0. The lowest BCUT2D eigenvalue weighted by Gasteiger charge is -2.19. The van der Waals surface area contributed by atoms with E-state index in [1.165, 1.54) is 0 Å². The summed E-state index contributed by atoms with van der Waals surface area (Å²) in [6.45, 7) is 1.24. The van der Waals surface area contributed by atoms with Gasteiger partial charge in [0.2, 0.25) is 0 Å². The van der Waals surface area contributed by atoms with Gasteiger partial charge in [-0.3, -0.25) is 0 Å². The highest BCUT2D eigenvalue weighted by molar-refractivity contribution is 7.99. The van der Waals surface area contributed by atoms with Crippen LogP contribution in [0.3, 0.4) is 0 Å². The van der Waals surface area contributed by atoms with Gasteiger partial charge in [-0.1, -0.05) is 0 Å². The summed E-state index contributed by atoms with van der Waals surface area (Å²) in [6.07, 6.45) is 2.38. The minimum absolute atomic E-state index is 0.0547. The monoisotopic (exact) mass is 316 g/mol. The summed E-state index contributed by atoms with van der Waals surface area (Å²) in [7, 11) is 7.64. The van der Waals surface area contributed by atoms with Gasteiger partial charge in [-0.15, -0.1) is 11.8 Å². The molecule has 0 aromatic carbocycles. The van der Waals surface area contributed by atoms with Crippen LogP contribution in [0.25, 0.3) is 0 Å². The van der Waals surface area contributed by atoms with E-state index in [-0.39, 0.29) is 24.3 Å². The van der Waals surface area contributed by atoms with Crippen LogP contribution in [0.1, 0.15) is 12.8 Å². The Labute approximate surface area is 133 Å². The molecule has 0 radical (unpaired) electrons. The van der Waals surface area contributed by atoms with E-state index in [0.717, 1.165) is 12.8 Å². The largest absolute Gasteiger partial charge is 0.382 e. The van der Waals surface area contributed by atoms with Crippen molar-refractivity contribution in [3.8, 4) is 0 Å². The number of hydrogen-bond acceptors (Lipinski definition) is 6. The maximum atomic E-state index is 5.85. The molecular formula is C13H26B2O5S. The molecule has 0 N–H and O–H groups in total. The Morgan fingerprint density at radius 3 is 2.48 bits per heavy atom. The summed E-state index contributed by atoms with van der Waals surface area (Å²) in [6, 6.07) is 0.561. The Balaban J connectivity index is 1.65. The normalized spacial score (nSPS) is 39.9. The van der Waals surface area contributed by atoms with Crippen molar-refractivity contribution in [2.45, 2.75) is 48.4 Å². The third-order valence-corrected chi connectivity index (χ3v) is 5.28. The van der Waals surface area contributed by atoms with Gasteiger partial charge >= 0.3 is 0 Å². The van der Waals surface area contributed by atoms with Crippen LogP contribution in [0.4, 0.5) is 0 Å². The zero-order valence-electron chi connectivity index (χ0n) is 13.4. The second-order valence-corrected chi connectivity index (χ2v) is 7.04. The Bertz CT molecular complexity index is 312. The first-order valence-electron chi connectivity index (χ1n) is 7.66. The molecule has 2 fully saturated rings. The molecule has 0 saturated carbocycles. The van der Waals surface area contributed by atoms with Crippen molar-refractivity contribution >= 4 is 27.5 Å². The lowest BCUT2D eigenvalue weighted by atomic mass is 9.96. The van der Waals surface area contributed by atoms with Gasteiger partial charge in [0.25, 0.3) is 0 Å². The smallest absolute Gasteiger partial charge is 0.139 e. The first-order valence-corrected chi connectivity index (χ1v) is 8.71. The molecule has 2 aliphatic rings. The standard InChI is InChI=1S/C13H26B2O5S/c1-16-5-10-11(4-13(15)20-10)21-7-18-6-9-8(17-2)3-12(14)19-9/h8-13H,3-7,14-15H2,1-2H3/t8?,9-,10-,11?,12-,13-/m1/s1. The lowest BCUT2D eigenvalue weighted by molar-refractivity contribution is -0.0342. The van der Waals surface area contributed by atoms with E-state index in [9.17, 15) is 0 Å². The summed E-state index contributed by atoms with van der Waals surface area (Å²) in [5, 5.41) is 0.446. The van der Waals surface area contributed by atoms with E-state index < -0.39 is 0 Å². The van der Waals surface area contributed by atoms with Crippen LogP contribution in [-0.2, 0) is 23.7 Å². The maximum Gasteiger partial charge on any atom is 0.139 e. The minimum Gasteiger partial charge on any atom is -0.382 e. The van der Waals surface area contributed by atoms with Crippen molar-refractivity contribution in [2.24, 2.45) is 0 Å². The highest BCUT2D eigenvalue weighted by Gasteiger charge is 2.34. The van der Waals surface area contributed by atoms with E-state index in [2.05, 4.69) is 15.7 Å².